The van der Waals surface area contributed by atoms with Crippen LogP contribution in [0.3, 0.4) is 0 Å². The van der Waals surface area contributed by atoms with Crippen molar-refractivity contribution in [3.8, 4) is 33.6 Å². The number of benzene rings is 10. The van der Waals surface area contributed by atoms with Crippen LogP contribution in [-0.4, -0.2) is 19.1 Å². The maximum Gasteiger partial charge on any atom is 0.227 e. The molecule has 16 aromatic rings. The van der Waals surface area contributed by atoms with Crippen molar-refractivity contribution >= 4 is 114 Å². The zero-order valence-corrected chi connectivity index (χ0v) is 42.3. The van der Waals surface area contributed by atoms with Crippen molar-refractivity contribution in [1.82, 2.24) is 19.1 Å². The minimum Gasteiger partial charge on any atom is -0.438 e. The smallest absolute Gasteiger partial charge is 0.227 e. The van der Waals surface area contributed by atoms with Crippen LogP contribution in [-0.2, 0) is 0 Å². The summed E-state index contributed by atoms with van der Waals surface area (Å²) in [5.41, 5.74) is 16.5. The molecule has 0 unspecified atom stereocenters. The third-order valence-corrected chi connectivity index (χ3v) is 16.1. The third-order valence-electron chi connectivity index (χ3n) is 14.9. The Kier molecular flexibility index (Phi) is 10.6. The van der Waals surface area contributed by atoms with E-state index in [1.54, 1.807) is 0 Å². The van der Waals surface area contributed by atoms with E-state index >= 15 is 0 Å². The minimum absolute atomic E-state index is 0.647. The van der Waals surface area contributed by atoms with E-state index in [0.717, 1.165) is 61.4 Å². The van der Waals surface area contributed by atoms with E-state index < -0.39 is 0 Å². The Labute approximate surface area is 447 Å². The van der Waals surface area contributed by atoms with Gasteiger partial charge in [-0.1, -0.05) is 164 Å². The largest absolute Gasteiger partial charge is 0.438 e. The van der Waals surface area contributed by atoms with Crippen LogP contribution in [0.1, 0.15) is 0 Å². The molecule has 10 aromatic carbocycles. The molecule has 0 aliphatic heterocycles. The van der Waals surface area contributed by atoms with Crippen molar-refractivity contribution in [2.45, 2.75) is 0 Å². The van der Waals surface area contributed by atoms with Gasteiger partial charge < -0.3 is 18.5 Å². The van der Waals surface area contributed by atoms with Gasteiger partial charge in [0.2, 0.25) is 5.71 Å². The molecule has 0 aliphatic rings. The van der Waals surface area contributed by atoms with E-state index in [9.17, 15) is 0 Å². The van der Waals surface area contributed by atoms with Gasteiger partial charge >= 0.3 is 0 Å². The first-order valence-corrected chi connectivity index (χ1v) is 26.7. The average Bonchev–Trinajstić information content (AvgIpc) is 4.28. The number of nitrogens with zero attached hydrogens (tertiary/aromatic N) is 5. The summed E-state index contributed by atoms with van der Waals surface area (Å²) >= 11 is 1.83. The summed E-state index contributed by atoms with van der Waals surface area (Å²) in [6.07, 6.45) is 5.91. The van der Waals surface area contributed by atoms with Crippen LogP contribution >= 0.6 is 11.3 Å². The molecule has 6 aromatic heterocycles. The molecule has 0 radical (unpaired) electrons. The number of rotatable bonds is 7. The Hall–Kier alpha value is -10.1. The second-order valence-electron chi connectivity index (χ2n) is 19.4. The lowest BCUT2D eigenvalue weighted by Crippen LogP contribution is -2.10. The first-order chi connectivity index (χ1) is 38.2. The van der Waals surface area contributed by atoms with Crippen molar-refractivity contribution < 1.29 is 4.42 Å². The SMILES string of the molecule is c1ccc(-c2ccc3oc4ncc(-n5c6ccccc6c6cc(-n7c8ccccc8c8ccccc87)ccc65)cc4c3c2)cc1.c1ccc(-c2ccc3sc4c(N(c5ccccc5)c5ccccc5)cncc4c3c2)cc1. The fraction of sp³-hybridized carbons (Fsp3) is 0. The Morgan fingerprint density at radius 1 is 0.351 bits per heavy atom. The number of para-hydroxylation sites is 5. The van der Waals surface area contributed by atoms with Gasteiger partial charge in [0, 0.05) is 65.7 Å². The predicted molar refractivity (Wildman–Crippen MR) is 323 cm³/mol. The molecular formula is C70H45N5OS. The maximum absolute atomic E-state index is 6.19. The zero-order valence-electron chi connectivity index (χ0n) is 41.5. The molecule has 77 heavy (non-hydrogen) atoms. The number of hydrogen-bond donors (Lipinski definition) is 0. The van der Waals surface area contributed by atoms with Gasteiger partial charge in [-0.15, -0.1) is 11.3 Å². The van der Waals surface area contributed by atoms with Crippen molar-refractivity contribution in [3.05, 3.63) is 273 Å². The van der Waals surface area contributed by atoms with Crippen LogP contribution in [0.25, 0.3) is 119 Å². The standard InChI is InChI=1S/C41H25N3O.C29H20N2S/c1-2-10-26(11-3-1)27-18-21-40-34(22-27)35-24-29(25-42-41(35)45-40)44-38-17-9-6-14-32(38)33-23-28(19-20-39(33)44)43-36-15-7-4-12-30(36)31-13-5-8-16-37(31)43;1-4-10-21(11-5-1)22-16-17-28-25(18-22)26-19-30-20-27(29(26)32-28)31(23-12-6-2-7-13-23)24-14-8-3-9-15-24/h1-25H;1-20H. The number of furan rings is 1. The number of thiophene rings is 1. The second kappa shape index (κ2) is 18.4. The molecule has 7 heteroatoms. The van der Waals surface area contributed by atoms with Crippen molar-refractivity contribution in [1.29, 1.82) is 0 Å². The normalized spacial score (nSPS) is 11.6. The van der Waals surface area contributed by atoms with Crippen LogP contribution in [0.2, 0.25) is 0 Å². The van der Waals surface area contributed by atoms with Gasteiger partial charge in [-0.25, -0.2) is 4.98 Å². The summed E-state index contributed by atoms with van der Waals surface area (Å²) in [5, 5.41) is 9.45. The minimum atomic E-state index is 0.647. The molecule has 0 bridgehead atoms. The van der Waals surface area contributed by atoms with E-state index in [-0.39, 0.29) is 0 Å². The molecule has 0 amide bonds. The van der Waals surface area contributed by atoms with E-state index in [4.69, 9.17) is 9.40 Å². The summed E-state index contributed by atoms with van der Waals surface area (Å²) in [6.45, 7) is 0. The molecule has 0 saturated carbocycles. The molecule has 0 spiro atoms. The predicted octanol–water partition coefficient (Wildman–Crippen LogP) is 19.4. The summed E-state index contributed by atoms with van der Waals surface area (Å²) in [6, 6.07) is 90.1. The molecule has 6 heterocycles. The van der Waals surface area contributed by atoms with E-state index in [1.807, 2.05) is 36.0 Å². The number of anilines is 3. The van der Waals surface area contributed by atoms with Gasteiger partial charge in [0.1, 0.15) is 5.58 Å². The number of fused-ring (bicyclic) bond motifs is 12. The topological polar surface area (TPSA) is 52.0 Å². The average molecular weight is 1000 g/mol. The van der Waals surface area contributed by atoms with Gasteiger partial charge in [0.15, 0.2) is 0 Å². The summed E-state index contributed by atoms with van der Waals surface area (Å²) in [7, 11) is 0. The van der Waals surface area contributed by atoms with Gasteiger partial charge in [-0.2, -0.15) is 0 Å². The van der Waals surface area contributed by atoms with Crippen LogP contribution in [0, 0.1) is 0 Å². The van der Waals surface area contributed by atoms with Crippen LogP contribution in [0.15, 0.2) is 278 Å². The van der Waals surface area contributed by atoms with Gasteiger partial charge in [-0.3, -0.25) is 4.98 Å². The molecule has 0 atom stereocenters. The molecule has 6 nitrogen and oxygen atoms in total. The molecule has 362 valence electrons. The van der Waals surface area contributed by atoms with Crippen LogP contribution in [0.5, 0.6) is 0 Å². The summed E-state index contributed by atoms with van der Waals surface area (Å²) in [5.74, 6) is 0. The number of aromatic nitrogens is 4. The first-order valence-electron chi connectivity index (χ1n) is 25.9. The Bertz CT molecular complexity index is 4770. The highest BCUT2D eigenvalue weighted by atomic mass is 32.1. The quantitative estimate of drug-likeness (QED) is 0.160. The van der Waals surface area contributed by atoms with Crippen molar-refractivity contribution in [2.24, 2.45) is 0 Å². The number of hydrogen-bond acceptors (Lipinski definition) is 5. The van der Waals surface area contributed by atoms with E-state index in [0.29, 0.717) is 5.71 Å². The Balaban J connectivity index is 0.000000143. The lowest BCUT2D eigenvalue weighted by Gasteiger charge is -2.25. The monoisotopic (exact) mass is 1000 g/mol. The van der Waals surface area contributed by atoms with Crippen molar-refractivity contribution in [3.63, 3.8) is 0 Å². The van der Waals surface area contributed by atoms with Gasteiger partial charge in [-0.05, 0) is 113 Å². The molecule has 0 saturated heterocycles. The van der Waals surface area contributed by atoms with E-state index in [2.05, 4.69) is 268 Å². The highest BCUT2D eigenvalue weighted by Crippen LogP contribution is 2.45. The summed E-state index contributed by atoms with van der Waals surface area (Å²) in [4.78, 5) is 11.8. The van der Waals surface area contributed by atoms with Crippen LogP contribution in [0.4, 0.5) is 17.1 Å². The lowest BCUT2D eigenvalue weighted by atomic mass is 10.0. The van der Waals surface area contributed by atoms with E-state index in [1.165, 1.54) is 69.4 Å². The third kappa shape index (κ3) is 7.55. The highest BCUT2D eigenvalue weighted by molar-refractivity contribution is 7.26. The molecule has 16 rings (SSSR count). The number of pyridine rings is 2. The molecule has 0 aliphatic carbocycles. The highest BCUT2D eigenvalue weighted by Gasteiger charge is 2.21. The first kappa shape index (κ1) is 44.4. The maximum atomic E-state index is 6.19. The van der Waals surface area contributed by atoms with Crippen molar-refractivity contribution in [2.75, 3.05) is 4.90 Å². The van der Waals surface area contributed by atoms with Crippen LogP contribution < -0.4 is 4.90 Å². The molecular weight excluding hydrogens is 959 g/mol. The fourth-order valence-corrected chi connectivity index (χ4v) is 12.5. The lowest BCUT2D eigenvalue weighted by molar-refractivity contribution is 0.654. The Morgan fingerprint density at radius 3 is 1.48 bits per heavy atom. The van der Waals surface area contributed by atoms with Gasteiger partial charge in [0.25, 0.3) is 0 Å². The van der Waals surface area contributed by atoms with Gasteiger partial charge in [0.05, 0.1) is 55.9 Å². The Morgan fingerprint density at radius 2 is 0.857 bits per heavy atom. The summed E-state index contributed by atoms with van der Waals surface area (Å²) < 4.78 is 13.4. The molecule has 0 fully saturated rings. The molecule has 0 N–H and O–H groups in total. The zero-order chi connectivity index (χ0) is 50.8. The second-order valence-corrected chi connectivity index (χ2v) is 20.4. The fourth-order valence-electron chi connectivity index (χ4n) is 11.4.